The highest BCUT2D eigenvalue weighted by Crippen LogP contribution is 2.41. The number of benzene rings is 8. The quantitative estimate of drug-likeness (QED) is 0.0950. The fourth-order valence-corrected chi connectivity index (χ4v) is 11.4. The van der Waals surface area contributed by atoms with E-state index in [4.69, 9.17) is 5.11 Å². The average molecular weight is 1400 g/mol. The Balaban J connectivity index is 0.000000201. The molecule has 0 bridgehead atoms. The number of hydrogen-bond donors (Lipinski definition) is 5. The lowest BCUT2D eigenvalue weighted by molar-refractivity contribution is 0.277. The first-order chi connectivity index (χ1) is 42.3. The van der Waals surface area contributed by atoms with Gasteiger partial charge < -0.3 is 29.8 Å². The summed E-state index contributed by atoms with van der Waals surface area (Å²) in [5, 5.41) is 14.4. The number of aliphatic hydroxyl groups is 1. The summed E-state index contributed by atoms with van der Waals surface area (Å²) in [7, 11) is 4.25. The summed E-state index contributed by atoms with van der Waals surface area (Å²) in [5.74, 6) is 0.833. The second kappa shape index (κ2) is 34.3. The number of aromatic amines is 4. The summed E-state index contributed by atoms with van der Waals surface area (Å²) >= 11 is 9.31. The van der Waals surface area contributed by atoms with Crippen LogP contribution in [0.1, 0.15) is 101 Å². The molecule has 0 fully saturated rings. The molecule has 16 rings (SSSR count). The molecule has 90 heavy (non-hydrogen) atoms. The van der Waals surface area contributed by atoms with Crippen molar-refractivity contribution < 1.29 is 9.84 Å². The average Bonchev–Trinajstić information content (AvgIpc) is 1.64. The normalized spacial score (nSPS) is 11.0. The molecule has 8 aromatic carbocycles. The van der Waals surface area contributed by atoms with Crippen molar-refractivity contribution in [2.24, 2.45) is 5.92 Å². The fraction of sp³-hybridized carbons (Fsp3) is 0.211. The van der Waals surface area contributed by atoms with Crippen molar-refractivity contribution in [2.75, 3.05) is 21.3 Å². The number of H-pyrrole nitrogens is 4. The number of rotatable bonds is 0. The van der Waals surface area contributed by atoms with Crippen LogP contribution in [-0.4, -0.2) is 49.6 Å². The number of methoxy groups -OCH3 is 1. The Morgan fingerprint density at radius 1 is 0.344 bits per heavy atom. The third kappa shape index (κ3) is 16.1. The molecule has 4 heterocycles. The highest BCUT2D eigenvalue weighted by molar-refractivity contribution is 9.69. The molecule has 0 spiro atoms. The zero-order valence-electron chi connectivity index (χ0n) is 50.1. The van der Waals surface area contributed by atoms with E-state index in [1.165, 1.54) is 44.5 Å². The van der Waals surface area contributed by atoms with Crippen molar-refractivity contribution in [1.29, 1.82) is 0 Å². The first-order valence-corrected chi connectivity index (χ1v) is 31.7. The van der Waals surface area contributed by atoms with Gasteiger partial charge in [-0.3, -0.25) is 19.2 Å². The van der Waals surface area contributed by atoms with E-state index in [1.807, 2.05) is 159 Å². The summed E-state index contributed by atoms with van der Waals surface area (Å²) in [6, 6.07) is 64.4. The first-order valence-electron chi connectivity index (χ1n) is 28.9. The molecule has 12 aromatic rings. The lowest BCUT2D eigenvalue weighted by Gasteiger charge is -2.04. The number of halogens is 3. The second-order valence-corrected chi connectivity index (χ2v) is 27.6. The summed E-state index contributed by atoms with van der Waals surface area (Å²) in [6.45, 7) is 10.5. The van der Waals surface area contributed by atoms with Crippen LogP contribution in [0.2, 0.25) is 0 Å². The zero-order chi connectivity index (χ0) is 62.3. The van der Waals surface area contributed by atoms with Crippen LogP contribution in [0.25, 0.3) is 88.1 Å². The molecule has 4 aliphatic rings. The Labute approximate surface area is 554 Å². The molecular weight excluding hydrogens is 1320 g/mol. The van der Waals surface area contributed by atoms with Gasteiger partial charge >= 0.3 is 3.18 Å². The molecule has 14 heteroatoms. The number of hydrogen-bond acceptors (Lipinski definition) is 6. The van der Waals surface area contributed by atoms with Crippen molar-refractivity contribution in [3.63, 3.8) is 0 Å². The fourth-order valence-electron chi connectivity index (χ4n) is 11.4. The van der Waals surface area contributed by atoms with E-state index in [9.17, 15) is 19.2 Å². The molecular formula is C76H82BBr3N4O6. The van der Waals surface area contributed by atoms with E-state index in [0.717, 1.165) is 127 Å². The van der Waals surface area contributed by atoms with E-state index in [0.29, 0.717) is 0 Å². The Morgan fingerprint density at radius 3 is 0.667 bits per heavy atom. The summed E-state index contributed by atoms with van der Waals surface area (Å²) in [5.41, 5.74) is 18.8. The molecule has 0 saturated heterocycles. The van der Waals surface area contributed by atoms with Crippen LogP contribution in [0.15, 0.2) is 213 Å². The number of nitrogens with one attached hydrogen (secondary N) is 4. The van der Waals surface area contributed by atoms with E-state index in [1.54, 1.807) is 14.2 Å². The number of pyridine rings is 4. The van der Waals surface area contributed by atoms with Crippen molar-refractivity contribution >= 4 is 93.5 Å². The van der Waals surface area contributed by atoms with Gasteiger partial charge in [0.2, 0.25) is 0 Å². The van der Waals surface area contributed by atoms with E-state index >= 15 is 0 Å². The molecule has 466 valence electrons. The molecule has 10 nitrogen and oxygen atoms in total. The Hall–Kier alpha value is -7.98. The molecule has 0 unspecified atom stereocenters. The van der Waals surface area contributed by atoms with Crippen LogP contribution in [0.4, 0.5) is 0 Å². The largest absolute Gasteiger partial charge is 0.400 e. The maximum atomic E-state index is 12.1. The first kappa shape index (κ1) is 72.8. The predicted octanol–water partition coefficient (Wildman–Crippen LogP) is 19.0. The third-order valence-electron chi connectivity index (χ3n) is 14.8. The Kier molecular flexibility index (Phi) is 27.7. The van der Waals surface area contributed by atoms with E-state index in [2.05, 4.69) is 141 Å². The van der Waals surface area contributed by atoms with Crippen LogP contribution in [0, 0.1) is 5.92 Å². The van der Waals surface area contributed by atoms with Gasteiger partial charge in [-0.25, -0.2) is 0 Å². The van der Waals surface area contributed by atoms with Crippen LogP contribution in [0.3, 0.4) is 0 Å². The molecule has 4 aliphatic carbocycles. The number of ether oxygens (including phenoxy) is 1. The molecule has 5 N–H and O–H groups in total. The van der Waals surface area contributed by atoms with E-state index in [-0.39, 0.29) is 47.7 Å². The van der Waals surface area contributed by atoms with Gasteiger partial charge in [-0.2, -0.15) is 0 Å². The highest BCUT2D eigenvalue weighted by Gasteiger charge is 2.25. The lowest BCUT2D eigenvalue weighted by atomic mass is 10.0. The Bertz CT molecular complexity index is 4050. The van der Waals surface area contributed by atoms with Crippen molar-refractivity contribution in [3.8, 4) is 45.0 Å². The zero-order valence-corrected chi connectivity index (χ0v) is 54.8. The highest BCUT2D eigenvalue weighted by atomic mass is 79.9. The number of fused-ring (bicyclic) bond motifs is 20. The van der Waals surface area contributed by atoms with Crippen molar-refractivity contribution in [3.05, 3.63) is 280 Å². The maximum Gasteiger partial charge on any atom is 0.369 e. The van der Waals surface area contributed by atoms with Crippen LogP contribution >= 0.6 is 47.3 Å². The van der Waals surface area contributed by atoms with Gasteiger partial charge in [-0.1, -0.05) is 227 Å². The summed E-state index contributed by atoms with van der Waals surface area (Å²) in [6.07, 6.45) is 3.62. The van der Waals surface area contributed by atoms with Gasteiger partial charge in [0, 0.05) is 90.8 Å². The van der Waals surface area contributed by atoms with Crippen LogP contribution in [-0.2, 0) is 30.4 Å². The van der Waals surface area contributed by atoms with Gasteiger partial charge in [0.1, 0.15) is 0 Å². The van der Waals surface area contributed by atoms with Gasteiger partial charge in [-0.15, -0.1) is 47.3 Å². The minimum atomic E-state index is 0. The SMILES string of the molecule is BrB(Br)Br.C.C.C.CC.CC(C)C.CO.COC.O=c1[nH]c2c(c3ccccc13)Cc1ccccc1-2.O=c1[nH]c2c(c3ccccc13)Cc1ccccc1-2.O=c1[nH]c2c(c3ccccc13)Cc1ccccc1-2.O=c1[nH]c2c(c3ccccc13)Cc1ccccc1-2. The molecule has 4 aromatic heterocycles. The number of aliphatic hydroxyl groups excluding tert-OH is 1. The van der Waals surface area contributed by atoms with Crippen LogP contribution in [0.5, 0.6) is 0 Å². The maximum absolute atomic E-state index is 12.1. The Morgan fingerprint density at radius 2 is 0.489 bits per heavy atom. The van der Waals surface area contributed by atoms with Gasteiger partial charge in [0.15, 0.2) is 0 Å². The summed E-state index contributed by atoms with van der Waals surface area (Å²) in [4.78, 5) is 60.5. The van der Waals surface area contributed by atoms with E-state index < -0.39 is 0 Å². The predicted molar refractivity (Wildman–Crippen MR) is 397 cm³/mol. The topological polar surface area (TPSA) is 161 Å². The molecule has 0 aliphatic heterocycles. The molecule has 0 atom stereocenters. The standard InChI is InChI=1S/4C16H11NO.C4H10.C2H6O.C2H6.CH4O.3CH4.BBr3/c4*18-16-13-8-4-3-7-12(13)14-9-10-5-1-2-6-11(10)15(14)17-16;1-4(2)3;1-3-2;2*1-2;;;;2-1(3)4/h4*1-8H,9H2,(H,17,18);4H,1-3H3;1-2H3;1-2H3;2H,1H3;3*1H4;. The summed E-state index contributed by atoms with van der Waals surface area (Å²) < 4.78 is 4.52. The second-order valence-electron chi connectivity index (χ2n) is 21.1. The van der Waals surface area contributed by atoms with Crippen molar-refractivity contribution in [1.82, 2.24) is 19.9 Å². The van der Waals surface area contributed by atoms with Gasteiger partial charge in [-0.05, 0) is 96.2 Å². The number of aromatic nitrogens is 4. The minimum Gasteiger partial charge on any atom is -0.400 e. The van der Waals surface area contributed by atoms with Gasteiger partial charge in [0.25, 0.3) is 22.2 Å². The minimum absolute atomic E-state index is 0. The molecule has 0 amide bonds. The lowest BCUT2D eigenvalue weighted by Crippen LogP contribution is -2.08. The van der Waals surface area contributed by atoms with Crippen molar-refractivity contribution in [2.45, 2.75) is 82.6 Å². The molecule has 0 saturated carbocycles. The smallest absolute Gasteiger partial charge is 0.369 e. The molecule has 0 radical (unpaired) electrons. The van der Waals surface area contributed by atoms with Crippen LogP contribution < -0.4 is 22.2 Å². The van der Waals surface area contributed by atoms with Gasteiger partial charge in [0.05, 0.1) is 22.8 Å². The monoisotopic (exact) mass is 1390 g/mol. The third-order valence-corrected chi connectivity index (χ3v) is 14.8.